The van der Waals surface area contributed by atoms with Gasteiger partial charge in [0.2, 0.25) is 0 Å². The minimum Gasteiger partial charge on any atom is -0.493 e. The third-order valence-electron chi connectivity index (χ3n) is 3.83. The number of hydrogen-bond acceptors (Lipinski definition) is 4. The van der Waals surface area contributed by atoms with E-state index in [9.17, 15) is 0 Å². The van der Waals surface area contributed by atoms with Crippen molar-refractivity contribution in [2.75, 3.05) is 20.3 Å². The second kappa shape index (κ2) is 8.60. The third-order valence-corrected chi connectivity index (χ3v) is 4.35. The third kappa shape index (κ3) is 5.26. The van der Waals surface area contributed by atoms with E-state index in [0.717, 1.165) is 5.75 Å². The zero-order chi connectivity index (χ0) is 19.3. The molecule has 0 fully saturated rings. The van der Waals surface area contributed by atoms with Crippen LogP contribution in [-0.4, -0.2) is 25.3 Å². The van der Waals surface area contributed by atoms with Gasteiger partial charge in [0.15, 0.2) is 11.5 Å². The maximum atomic E-state index is 6.25. The fraction of sp³-hybridized carbons (Fsp3) is 0.350. The fourth-order valence-electron chi connectivity index (χ4n) is 2.36. The molecule has 4 nitrogen and oxygen atoms in total. The van der Waals surface area contributed by atoms with Crippen LogP contribution in [0, 0.1) is 0 Å². The van der Waals surface area contributed by atoms with E-state index in [1.54, 1.807) is 12.1 Å². The molecule has 0 aliphatic rings. The van der Waals surface area contributed by atoms with Crippen molar-refractivity contribution in [3.63, 3.8) is 0 Å². The van der Waals surface area contributed by atoms with Crippen LogP contribution in [-0.2, 0) is 5.41 Å². The molecule has 2 aromatic rings. The molecule has 140 valence electrons. The number of rotatable bonds is 7. The van der Waals surface area contributed by atoms with E-state index in [2.05, 4.69) is 32.9 Å². The summed E-state index contributed by atoms with van der Waals surface area (Å²) in [4.78, 5) is 0.249. The Bertz CT molecular complexity index is 770. The molecular formula is C20H24ClNO3S. The van der Waals surface area contributed by atoms with Gasteiger partial charge in [-0.15, -0.1) is 0 Å². The van der Waals surface area contributed by atoms with Gasteiger partial charge >= 0.3 is 0 Å². The van der Waals surface area contributed by atoms with Crippen molar-refractivity contribution in [3.05, 3.63) is 52.5 Å². The molecule has 0 aliphatic heterocycles. The molecule has 0 aromatic heterocycles. The molecule has 0 saturated heterocycles. The van der Waals surface area contributed by atoms with Gasteiger partial charge in [-0.3, -0.25) is 0 Å². The minimum absolute atomic E-state index is 0.118. The van der Waals surface area contributed by atoms with Gasteiger partial charge in [0.25, 0.3) is 0 Å². The number of hydrogen-bond donors (Lipinski definition) is 1. The molecule has 2 aromatic carbocycles. The van der Waals surface area contributed by atoms with E-state index in [4.69, 9.17) is 43.8 Å². The van der Waals surface area contributed by atoms with Gasteiger partial charge in [-0.25, -0.2) is 0 Å². The van der Waals surface area contributed by atoms with Crippen molar-refractivity contribution < 1.29 is 14.2 Å². The van der Waals surface area contributed by atoms with Crippen molar-refractivity contribution in [2.24, 2.45) is 5.73 Å². The summed E-state index contributed by atoms with van der Waals surface area (Å²) in [6.45, 7) is 7.23. The zero-order valence-electron chi connectivity index (χ0n) is 15.5. The van der Waals surface area contributed by atoms with E-state index in [-0.39, 0.29) is 10.4 Å². The Morgan fingerprint density at radius 1 is 1.08 bits per heavy atom. The van der Waals surface area contributed by atoms with Crippen LogP contribution in [0.25, 0.3) is 0 Å². The maximum absolute atomic E-state index is 6.25. The van der Waals surface area contributed by atoms with Crippen LogP contribution < -0.4 is 19.9 Å². The number of ether oxygens (including phenoxy) is 3. The van der Waals surface area contributed by atoms with Crippen LogP contribution >= 0.6 is 23.8 Å². The smallest absolute Gasteiger partial charge is 0.179 e. The van der Waals surface area contributed by atoms with Gasteiger partial charge < -0.3 is 19.9 Å². The van der Waals surface area contributed by atoms with Crippen molar-refractivity contribution in [1.29, 1.82) is 0 Å². The standard InChI is InChI=1S/C20H24ClNO3S/c1-20(2,3)14-5-7-15(8-6-14)24-9-10-25-18-16(21)11-13(19(22)26)12-17(18)23-4/h5-8,11-12H,9-10H2,1-4H3,(H2,22,26). The number of nitrogens with two attached hydrogens (primary N) is 1. The molecule has 0 saturated carbocycles. The lowest BCUT2D eigenvalue weighted by Crippen LogP contribution is -2.13. The highest BCUT2D eigenvalue weighted by molar-refractivity contribution is 7.80. The lowest BCUT2D eigenvalue weighted by molar-refractivity contribution is 0.211. The SMILES string of the molecule is COc1cc(C(N)=S)cc(Cl)c1OCCOc1ccc(C(C)(C)C)cc1. The predicted molar refractivity (Wildman–Crippen MR) is 110 cm³/mol. The quantitative estimate of drug-likeness (QED) is 0.544. The second-order valence-electron chi connectivity index (χ2n) is 6.83. The monoisotopic (exact) mass is 393 g/mol. The van der Waals surface area contributed by atoms with Crippen LogP contribution in [0.4, 0.5) is 0 Å². The molecule has 0 bridgehead atoms. The molecule has 6 heteroatoms. The second-order valence-corrected chi connectivity index (χ2v) is 7.67. The largest absolute Gasteiger partial charge is 0.493 e. The summed E-state index contributed by atoms with van der Waals surface area (Å²) in [6, 6.07) is 11.4. The van der Waals surface area contributed by atoms with Gasteiger partial charge in [0, 0.05) is 5.56 Å². The fourth-order valence-corrected chi connectivity index (χ4v) is 2.74. The Morgan fingerprint density at radius 2 is 1.69 bits per heavy atom. The van der Waals surface area contributed by atoms with Crippen LogP contribution in [0.15, 0.2) is 36.4 Å². The zero-order valence-corrected chi connectivity index (χ0v) is 17.0. The first-order chi connectivity index (χ1) is 12.2. The highest BCUT2D eigenvalue weighted by Crippen LogP contribution is 2.36. The van der Waals surface area contributed by atoms with Crippen molar-refractivity contribution in [1.82, 2.24) is 0 Å². The highest BCUT2D eigenvalue weighted by atomic mass is 35.5. The number of methoxy groups -OCH3 is 1. The topological polar surface area (TPSA) is 53.7 Å². The molecule has 0 unspecified atom stereocenters. The Balaban J connectivity index is 1.95. The molecule has 0 atom stereocenters. The van der Waals surface area contributed by atoms with E-state index >= 15 is 0 Å². The van der Waals surface area contributed by atoms with Crippen molar-refractivity contribution in [2.45, 2.75) is 26.2 Å². The number of thiocarbonyl (C=S) groups is 1. The summed E-state index contributed by atoms with van der Waals surface area (Å²) in [5, 5.41) is 0.390. The van der Waals surface area contributed by atoms with E-state index in [1.165, 1.54) is 12.7 Å². The van der Waals surface area contributed by atoms with Gasteiger partial charge in [-0.1, -0.05) is 56.7 Å². The van der Waals surface area contributed by atoms with Crippen LogP contribution in [0.1, 0.15) is 31.9 Å². The van der Waals surface area contributed by atoms with Crippen LogP contribution in [0.3, 0.4) is 0 Å². The Kier molecular flexibility index (Phi) is 6.73. The van der Waals surface area contributed by atoms with Gasteiger partial charge in [0.05, 0.1) is 12.1 Å². The maximum Gasteiger partial charge on any atom is 0.179 e. The summed E-state index contributed by atoms with van der Waals surface area (Å²) in [7, 11) is 1.54. The van der Waals surface area contributed by atoms with Crippen molar-refractivity contribution >= 4 is 28.8 Å². The molecule has 0 amide bonds. The lowest BCUT2D eigenvalue weighted by atomic mass is 9.87. The van der Waals surface area contributed by atoms with Gasteiger partial charge in [0.1, 0.15) is 24.0 Å². The van der Waals surface area contributed by atoms with Gasteiger partial charge in [-0.2, -0.15) is 0 Å². The highest BCUT2D eigenvalue weighted by Gasteiger charge is 2.14. The average Bonchev–Trinajstić information content (AvgIpc) is 2.58. The van der Waals surface area contributed by atoms with Crippen LogP contribution in [0.2, 0.25) is 5.02 Å². The molecule has 0 heterocycles. The van der Waals surface area contributed by atoms with Crippen LogP contribution in [0.5, 0.6) is 17.2 Å². The average molecular weight is 394 g/mol. The molecule has 26 heavy (non-hydrogen) atoms. The summed E-state index contributed by atoms with van der Waals surface area (Å²) in [5.41, 5.74) is 7.64. The summed E-state index contributed by atoms with van der Waals surface area (Å²) >= 11 is 11.2. The molecule has 0 spiro atoms. The van der Waals surface area contributed by atoms with Gasteiger partial charge in [-0.05, 0) is 35.2 Å². The Labute approximate surface area is 165 Å². The Morgan fingerprint density at radius 3 is 2.23 bits per heavy atom. The molecule has 0 aliphatic carbocycles. The summed E-state index contributed by atoms with van der Waals surface area (Å²) in [6.07, 6.45) is 0. The van der Waals surface area contributed by atoms with E-state index in [1.807, 2.05) is 12.1 Å². The predicted octanol–water partition coefficient (Wildman–Crippen LogP) is 4.74. The number of benzene rings is 2. The molecule has 0 radical (unpaired) electrons. The normalized spacial score (nSPS) is 11.1. The first kappa shape index (κ1) is 20.3. The number of halogens is 1. The summed E-state index contributed by atoms with van der Waals surface area (Å²) < 4.78 is 16.8. The lowest BCUT2D eigenvalue weighted by Gasteiger charge is -2.19. The van der Waals surface area contributed by atoms with E-state index < -0.39 is 0 Å². The minimum atomic E-state index is 0.118. The first-order valence-corrected chi connectivity index (χ1v) is 9.04. The van der Waals surface area contributed by atoms with Crippen molar-refractivity contribution in [3.8, 4) is 17.2 Å². The first-order valence-electron chi connectivity index (χ1n) is 8.26. The Hall–Kier alpha value is -1.98. The molecular weight excluding hydrogens is 370 g/mol. The van der Waals surface area contributed by atoms with E-state index in [0.29, 0.717) is 35.3 Å². The summed E-state index contributed by atoms with van der Waals surface area (Å²) in [5.74, 6) is 1.72. The molecule has 2 N–H and O–H groups in total. The molecule has 2 rings (SSSR count).